The monoisotopic (exact) mass is 286 g/mol. The Bertz CT molecular complexity index is 502. The third-order valence-corrected chi connectivity index (χ3v) is 4.27. The fraction of sp³-hybridized carbons (Fsp3) is 0.474. The summed E-state index contributed by atoms with van der Waals surface area (Å²) >= 11 is 0. The lowest BCUT2D eigenvalue weighted by atomic mass is 9.90. The molecule has 21 heavy (non-hydrogen) atoms. The van der Waals surface area contributed by atoms with Gasteiger partial charge in [0, 0.05) is 0 Å². The highest BCUT2D eigenvalue weighted by Crippen LogP contribution is 2.25. The normalized spacial score (nSPS) is 19.3. The molecule has 0 amide bonds. The molecule has 2 heteroatoms. The molecule has 1 aliphatic carbocycles. The zero-order valence-corrected chi connectivity index (χ0v) is 12.8. The lowest BCUT2D eigenvalue weighted by Crippen LogP contribution is -2.06. The van der Waals surface area contributed by atoms with Gasteiger partial charge in [0.2, 0.25) is 0 Å². The van der Waals surface area contributed by atoms with E-state index in [1.807, 2.05) is 24.3 Å². The Kier molecular flexibility index (Phi) is 6.06. The lowest BCUT2D eigenvalue weighted by Gasteiger charge is -2.17. The van der Waals surface area contributed by atoms with Gasteiger partial charge in [0.05, 0.1) is 6.10 Å². The number of phenols is 1. The molecule has 0 saturated carbocycles. The fourth-order valence-corrected chi connectivity index (χ4v) is 2.94. The number of aliphatic hydroxyl groups is 1. The number of aromatic hydroxyl groups is 1. The van der Waals surface area contributed by atoms with Crippen molar-refractivity contribution < 1.29 is 10.2 Å². The largest absolute Gasteiger partial charge is 0.508 e. The van der Waals surface area contributed by atoms with Gasteiger partial charge >= 0.3 is 0 Å². The Morgan fingerprint density at radius 2 is 2.10 bits per heavy atom. The molecule has 114 valence electrons. The lowest BCUT2D eigenvalue weighted by molar-refractivity contribution is 0.224. The minimum atomic E-state index is -0.298. The summed E-state index contributed by atoms with van der Waals surface area (Å²) in [5.74, 6) is 1.02. The van der Waals surface area contributed by atoms with Crippen molar-refractivity contribution in [2.75, 3.05) is 0 Å². The molecular weight excluding hydrogens is 260 g/mol. The molecule has 2 nitrogen and oxygen atoms in total. The molecule has 1 aromatic rings. The van der Waals surface area contributed by atoms with Gasteiger partial charge < -0.3 is 10.2 Å². The highest BCUT2D eigenvalue weighted by molar-refractivity contribution is 5.32. The molecule has 0 radical (unpaired) electrons. The summed E-state index contributed by atoms with van der Waals surface area (Å²) in [6.07, 6.45) is 12.0. The maximum Gasteiger partial charge on any atom is 0.118 e. The third kappa shape index (κ3) is 5.05. The first-order chi connectivity index (χ1) is 10.2. The third-order valence-electron chi connectivity index (χ3n) is 4.27. The quantitative estimate of drug-likeness (QED) is 0.781. The van der Waals surface area contributed by atoms with Gasteiger partial charge in [-0.2, -0.15) is 0 Å². The standard InChI is InChI=1S/C19H26O2/c1-2-15(13-17-10-3-4-12-19(17)21)7-5-8-16-9-6-11-18(20)14-16/h3-4,6,9-10,12,14-15,18,20-21H,2,5,7-8,11,13H2,1H3. The van der Waals surface area contributed by atoms with Gasteiger partial charge in [-0.3, -0.25) is 0 Å². The van der Waals surface area contributed by atoms with E-state index >= 15 is 0 Å². The average molecular weight is 286 g/mol. The molecular formula is C19H26O2. The van der Waals surface area contributed by atoms with Crippen molar-refractivity contribution >= 4 is 0 Å². The van der Waals surface area contributed by atoms with Crippen LogP contribution in [0.3, 0.4) is 0 Å². The molecule has 0 aromatic heterocycles. The highest BCUT2D eigenvalue weighted by Gasteiger charge is 2.11. The second kappa shape index (κ2) is 8.04. The van der Waals surface area contributed by atoms with Crippen molar-refractivity contribution in [3.05, 3.63) is 53.6 Å². The minimum absolute atomic E-state index is 0.298. The second-order valence-corrected chi connectivity index (χ2v) is 5.95. The zero-order valence-electron chi connectivity index (χ0n) is 12.8. The van der Waals surface area contributed by atoms with Crippen molar-refractivity contribution in [3.8, 4) is 5.75 Å². The Hall–Kier alpha value is -1.54. The highest BCUT2D eigenvalue weighted by atomic mass is 16.3. The maximum absolute atomic E-state index is 9.87. The zero-order chi connectivity index (χ0) is 15.1. The first-order valence-corrected chi connectivity index (χ1v) is 8.01. The van der Waals surface area contributed by atoms with Gasteiger partial charge in [-0.1, -0.05) is 49.8 Å². The SMILES string of the molecule is CCC(CCCC1=CC(O)CC=C1)Cc1ccccc1O. The van der Waals surface area contributed by atoms with E-state index in [0.717, 1.165) is 44.1 Å². The van der Waals surface area contributed by atoms with E-state index < -0.39 is 0 Å². The van der Waals surface area contributed by atoms with Crippen LogP contribution in [-0.4, -0.2) is 16.3 Å². The van der Waals surface area contributed by atoms with Gasteiger partial charge in [0.25, 0.3) is 0 Å². The van der Waals surface area contributed by atoms with E-state index in [0.29, 0.717) is 11.7 Å². The number of aliphatic hydroxyl groups excluding tert-OH is 1. The summed E-state index contributed by atoms with van der Waals surface area (Å²) in [7, 11) is 0. The Labute approximate surface area is 127 Å². The van der Waals surface area contributed by atoms with Crippen molar-refractivity contribution in [2.24, 2.45) is 5.92 Å². The van der Waals surface area contributed by atoms with Crippen LogP contribution in [0.2, 0.25) is 0 Å². The van der Waals surface area contributed by atoms with E-state index in [1.54, 1.807) is 6.07 Å². The fourth-order valence-electron chi connectivity index (χ4n) is 2.94. The van der Waals surface area contributed by atoms with Gasteiger partial charge in [-0.05, 0) is 55.2 Å². The van der Waals surface area contributed by atoms with Crippen LogP contribution in [0.5, 0.6) is 5.75 Å². The Morgan fingerprint density at radius 3 is 2.81 bits per heavy atom. The van der Waals surface area contributed by atoms with Crippen molar-refractivity contribution in [1.82, 2.24) is 0 Å². The smallest absolute Gasteiger partial charge is 0.118 e. The van der Waals surface area contributed by atoms with Crippen LogP contribution in [0, 0.1) is 5.92 Å². The maximum atomic E-state index is 9.87. The second-order valence-electron chi connectivity index (χ2n) is 5.95. The first-order valence-electron chi connectivity index (χ1n) is 8.01. The number of phenolic OH excluding ortho intramolecular Hbond substituents is 1. The number of allylic oxidation sites excluding steroid dienone is 2. The molecule has 2 unspecified atom stereocenters. The molecule has 1 aliphatic rings. The topological polar surface area (TPSA) is 40.5 Å². The Balaban J connectivity index is 1.80. The first kappa shape index (κ1) is 15.8. The van der Waals surface area contributed by atoms with Crippen LogP contribution in [0.1, 0.15) is 44.6 Å². The van der Waals surface area contributed by atoms with Gasteiger partial charge in [0.15, 0.2) is 0 Å². The van der Waals surface area contributed by atoms with Crippen LogP contribution in [-0.2, 0) is 6.42 Å². The predicted octanol–water partition coefficient (Wildman–Crippen LogP) is 4.38. The number of hydrogen-bond donors (Lipinski definition) is 2. The van der Waals surface area contributed by atoms with Crippen LogP contribution in [0.4, 0.5) is 0 Å². The predicted molar refractivity (Wildman–Crippen MR) is 87.3 cm³/mol. The molecule has 0 heterocycles. The molecule has 2 N–H and O–H groups in total. The summed E-state index contributed by atoms with van der Waals surface area (Å²) < 4.78 is 0. The minimum Gasteiger partial charge on any atom is -0.508 e. The van der Waals surface area contributed by atoms with Gasteiger partial charge in [0.1, 0.15) is 5.75 Å². The molecule has 0 spiro atoms. The number of hydrogen-bond acceptors (Lipinski definition) is 2. The van der Waals surface area contributed by atoms with Crippen molar-refractivity contribution in [1.29, 1.82) is 0 Å². The molecule has 0 aliphatic heterocycles. The number of benzene rings is 1. The van der Waals surface area contributed by atoms with E-state index in [1.165, 1.54) is 5.57 Å². The summed E-state index contributed by atoms with van der Waals surface area (Å²) in [6.45, 7) is 2.22. The molecule has 2 rings (SSSR count). The number of rotatable bonds is 7. The van der Waals surface area contributed by atoms with Crippen LogP contribution >= 0.6 is 0 Å². The van der Waals surface area contributed by atoms with Crippen molar-refractivity contribution in [3.63, 3.8) is 0 Å². The molecule has 0 fully saturated rings. The van der Waals surface area contributed by atoms with Gasteiger partial charge in [-0.15, -0.1) is 0 Å². The summed E-state index contributed by atoms with van der Waals surface area (Å²) in [4.78, 5) is 0. The van der Waals surface area contributed by atoms with Crippen LogP contribution in [0.15, 0.2) is 48.1 Å². The van der Waals surface area contributed by atoms with E-state index in [9.17, 15) is 10.2 Å². The molecule has 2 atom stereocenters. The van der Waals surface area contributed by atoms with Crippen molar-refractivity contribution in [2.45, 2.75) is 51.6 Å². The summed E-state index contributed by atoms with van der Waals surface area (Å²) in [5, 5.41) is 19.5. The molecule has 0 saturated heterocycles. The summed E-state index contributed by atoms with van der Waals surface area (Å²) in [5.41, 5.74) is 2.31. The van der Waals surface area contributed by atoms with Gasteiger partial charge in [-0.25, -0.2) is 0 Å². The molecule has 0 bridgehead atoms. The molecule has 1 aromatic carbocycles. The van der Waals surface area contributed by atoms with E-state index in [2.05, 4.69) is 19.1 Å². The Morgan fingerprint density at radius 1 is 1.29 bits per heavy atom. The van der Waals surface area contributed by atoms with Crippen LogP contribution < -0.4 is 0 Å². The van der Waals surface area contributed by atoms with E-state index in [4.69, 9.17) is 0 Å². The van der Waals surface area contributed by atoms with E-state index in [-0.39, 0.29) is 6.10 Å². The van der Waals surface area contributed by atoms with Crippen LogP contribution in [0.25, 0.3) is 0 Å². The number of para-hydroxylation sites is 1. The average Bonchev–Trinajstić information content (AvgIpc) is 2.48. The summed E-state index contributed by atoms with van der Waals surface area (Å²) in [6, 6.07) is 7.63.